The van der Waals surface area contributed by atoms with Crippen LogP contribution in [0.15, 0.2) is 0 Å². The second-order valence-electron chi connectivity index (χ2n) is 7.27. The summed E-state index contributed by atoms with van der Waals surface area (Å²) in [6.07, 6.45) is 2.05. The van der Waals surface area contributed by atoms with E-state index in [0.29, 0.717) is 6.42 Å². The molecule has 0 aromatic heterocycles. The second-order valence-corrected chi connectivity index (χ2v) is 7.27. The standard InChI is InChI=1S/C15H24O4/c1-14(7-17)10-5-11(18)15(2,19)9-4-3-8(6-16)12(9)13(10)14/h8-10,12-13,16-17,19H,3-7H2,1-2H3/t8-,9-,10+,12+,13+,14-,15+/m1/s1. The average molecular weight is 268 g/mol. The number of hydrogen-bond acceptors (Lipinski definition) is 4. The van der Waals surface area contributed by atoms with E-state index < -0.39 is 5.60 Å². The number of carbonyl (C=O) groups is 1. The van der Waals surface area contributed by atoms with Crippen molar-refractivity contribution in [1.82, 2.24) is 0 Å². The summed E-state index contributed by atoms with van der Waals surface area (Å²) >= 11 is 0. The van der Waals surface area contributed by atoms with Crippen LogP contribution in [0.5, 0.6) is 0 Å². The van der Waals surface area contributed by atoms with Crippen molar-refractivity contribution < 1.29 is 20.1 Å². The van der Waals surface area contributed by atoms with Crippen LogP contribution in [0, 0.1) is 35.0 Å². The van der Waals surface area contributed by atoms with Crippen LogP contribution in [0.2, 0.25) is 0 Å². The summed E-state index contributed by atoms with van der Waals surface area (Å²) in [4.78, 5) is 12.3. The molecule has 3 rings (SSSR count). The lowest BCUT2D eigenvalue weighted by Gasteiger charge is -2.34. The highest BCUT2D eigenvalue weighted by Crippen LogP contribution is 2.70. The Bertz CT molecular complexity index is 405. The Balaban J connectivity index is 1.99. The Morgan fingerprint density at radius 3 is 2.47 bits per heavy atom. The Morgan fingerprint density at radius 2 is 1.89 bits per heavy atom. The summed E-state index contributed by atoms with van der Waals surface area (Å²) in [5.74, 6) is 0.668. The monoisotopic (exact) mass is 268 g/mol. The van der Waals surface area contributed by atoms with Gasteiger partial charge in [0.2, 0.25) is 0 Å². The first-order valence-electron chi connectivity index (χ1n) is 7.35. The van der Waals surface area contributed by atoms with Crippen molar-refractivity contribution in [2.45, 2.75) is 38.7 Å². The quantitative estimate of drug-likeness (QED) is 0.685. The molecule has 4 nitrogen and oxygen atoms in total. The van der Waals surface area contributed by atoms with E-state index >= 15 is 0 Å². The molecule has 0 aromatic carbocycles. The van der Waals surface area contributed by atoms with E-state index in [4.69, 9.17) is 0 Å². The van der Waals surface area contributed by atoms with Gasteiger partial charge in [0, 0.05) is 19.6 Å². The predicted octanol–water partition coefficient (Wildman–Crippen LogP) is 0.590. The minimum atomic E-state index is -1.25. The van der Waals surface area contributed by atoms with Crippen LogP contribution in [-0.2, 0) is 4.79 Å². The zero-order valence-corrected chi connectivity index (χ0v) is 11.7. The molecule has 3 aliphatic carbocycles. The summed E-state index contributed by atoms with van der Waals surface area (Å²) < 4.78 is 0. The lowest BCUT2D eigenvalue weighted by molar-refractivity contribution is -0.143. The molecule has 0 unspecified atom stereocenters. The number of aliphatic hydroxyl groups is 3. The summed E-state index contributed by atoms with van der Waals surface area (Å²) in [7, 11) is 0. The van der Waals surface area contributed by atoms with Crippen LogP contribution in [0.3, 0.4) is 0 Å². The zero-order chi connectivity index (χ0) is 14.0. The van der Waals surface area contributed by atoms with Gasteiger partial charge in [-0.25, -0.2) is 0 Å². The second kappa shape index (κ2) is 4.03. The van der Waals surface area contributed by atoms with E-state index in [0.717, 1.165) is 12.8 Å². The summed E-state index contributed by atoms with van der Waals surface area (Å²) in [6.45, 7) is 3.91. The molecular formula is C15H24O4. The predicted molar refractivity (Wildman–Crippen MR) is 69.2 cm³/mol. The van der Waals surface area contributed by atoms with Gasteiger partial charge >= 0.3 is 0 Å². The topological polar surface area (TPSA) is 77.8 Å². The highest BCUT2D eigenvalue weighted by atomic mass is 16.3. The van der Waals surface area contributed by atoms with Crippen molar-refractivity contribution in [1.29, 1.82) is 0 Å². The van der Waals surface area contributed by atoms with E-state index in [2.05, 4.69) is 0 Å². The number of aliphatic hydroxyl groups excluding tert-OH is 2. The van der Waals surface area contributed by atoms with Gasteiger partial charge in [-0.3, -0.25) is 4.79 Å². The van der Waals surface area contributed by atoms with Crippen molar-refractivity contribution in [3.8, 4) is 0 Å². The SMILES string of the molecule is C[C@]1(CO)[C@@H]2[C@H]3[C@@H](CO)CC[C@H]3[C@](C)(O)C(=O)C[C@@H]21. The highest BCUT2D eigenvalue weighted by molar-refractivity contribution is 5.88. The molecule has 19 heavy (non-hydrogen) atoms. The minimum Gasteiger partial charge on any atom is -0.396 e. The van der Waals surface area contributed by atoms with E-state index in [1.807, 2.05) is 6.92 Å². The van der Waals surface area contributed by atoms with Crippen LogP contribution in [0.1, 0.15) is 33.1 Å². The van der Waals surface area contributed by atoms with E-state index in [9.17, 15) is 20.1 Å². The van der Waals surface area contributed by atoms with Gasteiger partial charge in [-0.2, -0.15) is 0 Å². The number of rotatable bonds is 2. The maximum atomic E-state index is 12.3. The number of ketones is 1. The normalized spacial score (nSPS) is 56.5. The summed E-state index contributed by atoms with van der Waals surface area (Å²) in [5, 5.41) is 29.8. The molecule has 7 atom stereocenters. The Morgan fingerprint density at radius 1 is 1.21 bits per heavy atom. The molecule has 0 radical (unpaired) electrons. The summed E-state index contributed by atoms with van der Waals surface area (Å²) in [5.41, 5.74) is -1.44. The zero-order valence-electron chi connectivity index (χ0n) is 11.7. The van der Waals surface area contributed by atoms with E-state index in [-0.39, 0.29) is 54.0 Å². The molecule has 0 amide bonds. The van der Waals surface area contributed by atoms with Crippen LogP contribution in [0.4, 0.5) is 0 Å². The van der Waals surface area contributed by atoms with E-state index in [1.54, 1.807) is 6.92 Å². The lowest BCUT2D eigenvalue weighted by atomic mass is 9.73. The van der Waals surface area contributed by atoms with Gasteiger partial charge in [-0.05, 0) is 54.8 Å². The van der Waals surface area contributed by atoms with Gasteiger partial charge in [0.1, 0.15) is 5.60 Å². The molecule has 0 saturated heterocycles. The summed E-state index contributed by atoms with van der Waals surface area (Å²) in [6, 6.07) is 0. The Kier molecular flexibility index (Phi) is 2.87. The number of Topliss-reactive ketones (excluding diaryl/α,β-unsaturated/α-hetero) is 1. The smallest absolute Gasteiger partial charge is 0.164 e. The molecule has 3 aliphatic rings. The molecule has 108 valence electrons. The van der Waals surface area contributed by atoms with Gasteiger partial charge in [-0.1, -0.05) is 6.92 Å². The van der Waals surface area contributed by atoms with E-state index in [1.165, 1.54) is 0 Å². The maximum absolute atomic E-state index is 12.3. The van der Waals surface area contributed by atoms with Gasteiger partial charge in [0.15, 0.2) is 5.78 Å². The first kappa shape index (κ1) is 13.5. The Hall–Kier alpha value is -0.450. The van der Waals surface area contributed by atoms with Crippen LogP contribution >= 0.6 is 0 Å². The molecule has 0 heterocycles. The minimum absolute atomic E-state index is 0.0551. The molecule has 3 fully saturated rings. The van der Waals surface area contributed by atoms with Crippen LogP contribution in [-0.4, -0.2) is 39.9 Å². The average Bonchev–Trinajstić information content (AvgIpc) is 2.78. The van der Waals surface area contributed by atoms with Crippen LogP contribution < -0.4 is 0 Å². The molecule has 3 saturated carbocycles. The van der Waals surface area contributed by atoms with Crippen molar-refractivity contribution in [3.05, 3.63) is 0 Å². The Labute approximate surface area is 113 Å². The first-order chi connectivity index (χ1) is 8.87. The van der Waals surface area contributed by atoms with Crippen molar-refractivity contribution in [3.63, 3.8) is 0 Å². The van der Waals surface area contributed by atoms with Gasteiger partial charge in [0.05, 0.1) is 0 Å². The fourth-order valence-electron chi connectivity index (χ4n) is 5.12. The van der Waals surface area contributed by atoms with Crippen LogP contribution in [0.25, 0.3) is 0 Å². The van der Waals surface area contributed by atoms with Crippen molar-refractivity contribution in [2.75, 3.05) is 13.2 Å². The third kappa shape index (κ3) is 1.60. The molecule has 4 heteroatoms. The highest BCUT2D eigenvalue weighted by Gasteiger charge is 2.70. The molecule has 0 spiro atoms. The largest absolute Gasteiger partial charge is 0.396 e. The third-order valence-electron chi connectivity index (χ3n) is 6.47. The first-order valence-corrected chi connectivity index (χ1v) is 7.35. The molecule has 0 bridgehead atoms. The molecule has 3 N–H and O–H groups in total. The number of hydrogen-bond donors (Lipinski definition) is 3. The fourth-order valence-corrected chi connectivity index (χ4v) is 5.12. The molecular weight excluding hydrogens is 244 g/mol. The lowest BCUT2D eigenvalue weighted by Crippen LogP contribution is -2.45. The van der Waals surface area contributed by atoms with Crippen molar-refractivity contribution in [2.24, 2.45) is 35.0 Å². The number of carbonyl (C=O) groups excluding carboxylic acids is 1. The maximum Gasteiger partial charge on any atom is 0.164 e. The number of fused-ring (bicyclic) bond motifs is 3. The third-order valence-corrected chi connectivity index (χ3v) is 6.47. The molecule has 0 aromatic rings. The van der Waals surface area contributed by atoms with Gasteiger partial charge in [0.25, 0.3) is 0 Å². The fraction of sp³-hybridized carbons (Fsp3) is 0.933. The van der Waals surface area contributed by atoms with Gasteiger partial charge < -0.3 is 15.3 Å². The molecule has 0 aliphatic heterocycles. The van der Waals surface area contributed by atoms with Gasteiger partial charge in [-0.15, -0.1) is 0 Å². The van der Waals surface area contributed by atoms with Crippen molar-refractivity contribution >= 4 is 5.78 Å².